The van der Waals surface area contributed by atoms with E-state index < -0.39 is 0 Å². The first-order valence-electron chi connectivity index (χ1n) is 5.20. The average Bonchev–Trinajstić information content (AvgIpc) is 2.45. The molecular formula is C11H21NO. The van der Waals surface area contributed by atoms with Crippen LogP contribution < -0.4 is 0 Å². The van der Waals surface area contributed by atoms with Crippen LogP contribution in [0.1, 0.15) is 40.5 Å². The number of carbonyl (C=O) groups excluding carboxylic acids is 1. The van der Waals surface area contributed by atoms with Crippen LogP contribution in [0.4, 0.5) is 0 Å². The van der Waals surface area contributed by atoms with Crippen LogP contribution in [0.5, 0.6) is 0 Å². The van der Waals surface area contributed by atoms with Gasteiger partial charge in [0, 0.05) is 12.6 Å². The molecule has 1 aliphatic heterocycles. The summed E-state index contributed by atoms with van der Waals surface area (Å²) in [5.74, 6) is 0.669. The van der Waals surface area contributed by atoms with Gasteiger partial charge in [0.25, 0.3) is 0 Å². The van der Waals surface area contributed by atoms with E-state index in [-0.39, 0.29) is 0 Å². The van der Waals surface area contributed by atoms with Crippen molar-refractivity contribution in [3.63, 3.8) is 0 Å². The van der Waals surface area contributed by atoms with Gasteiger partial charge in [0.2, 0.25) is 6.41 Å². The lowest BCUT2D eigenvalue weighted by atomic mass is 9.79. The predicted molar refractivity (Wildman–Crippen MR) is 54.4 cm³/mol. The Morgan fingerprint density at radius 1 is 1.46 bits per heavy atom. The molecule has 2 heteroatoms. The molecule has 0 saturated carbocycles. The first kappa shape index (κ1) is 10.6. The number of hydrogen-bond donors (Lipinski definition) is 0. The van der Waals surface area contributed by atoms with Gasteiger partial charge in [-0.2, -0.15) is 0 Å². The van der Waals surface area contributed by atoms with Crippen molar-refractivity contribution >= 4 is 6.41 Å². The Kier molecular flexibility index (Phi) is 2.99. The SMILES string of the molecule is CCC1CC(C(C)(C)C)CN1C=O. The minimum atomic E-state index is 0.338. The molecule has 2 unspecified atom stereocenters. The molecule has 1 rings (SSSR count). The van der Waals surface area contributed by atoms with Gasteiger partial charge in [-0.3, -0.25) is 4.79 Å². The molecule has 0 N–H and O–H groups in total. The minimum absolute atomic E-state index is 0.338. The van der Waals surface area contributed by atoms with Gasteiger partial charge in [0.15, 0.2) is 0 Å². The van der Waals surface area contributed by atoms with E-state index in [0.29, 0.717) is 17.4 Å². The number of rotatable bonds is 2. The maximum atomic E-state index is 10.8. The zero-order valence-electron chi connectivity index (χ0n) is 9.21. The lowest BCUT2D eigenvalue weighted by Crippen LogP contribution is -2.28. The number of hydrogen-bond acceptors (Lipinski definition) is 1. The molecule has 2 atom stereocenters. The van der Waals surface area contributed by atoms with Crippen LogP contribution in [0, 0.1) is 11.3 Å². The van der Waals surface area contributed by atoms with Gasteiger partial charge >= 0.3 is 0 Å². The molecule has 0 aromatic heterocycles. The zero-order valence-corrected chi connectivity index (χ0v) is 9.21. The fourth-order valence-corrected chi connectivity index (χ4v) is 2.10. The number of likely N-dealkylation sites (tertiary alicyclic amines) is 1. The third kappa shape index (κ3) is 2.23. The van der Waals surface area contributed by atoms with Gasteiger partial charge in [0.1, 0.15) is 0 Å². The monoisotopic (exact) mass is 183 g/mol. The molecule has 1 heterocycles. The molecule has 0 aliphatic carbocycles. The molecule has 0 radical (unpaired) electrons. The highest BCUT2D eigenvalue weighted by atomic mass is 16.1. The van der Waals surface area contributed by atoms with Crippen molar-refractivity contribution in [2.45, 2.75) is 46.6 Å². The van der Waals surface area contributed by atoms with E-state index in [1.54, 1.807) is 0 Å². The summed E-state index contributed by atoms with van der Waals surface area (Å²) in [7, 11) is 0. The van der Waals surface area contributed by atoms with Gasteiger partial charge in [-0.1, -0.05) is 27.7 Å². The Hall–Kier alpha value is -0.530. The largest absolute Gasteiger partial charge is 0.342 e. The molecule has 1 saturated heterocycles. The zero-order chi connectivity index (χ0) is 10.1. The van der Waals surface area contributed by atoms with Crippen molar-refractivity contribution in [3.05, 3.63) is 0 Å². The number of amides is 1. The van der Waals surface area contributed by atoms with Crippen molar-refractivity contribution in [1.29, 1.82) is 0 Å². The highest BCUT2D eigenvalue weighted by molar-refractivity contribution is 5.48. The van der Waals surface area contributed by atoms with Crippen LogP contribution in [-0.2, 0) is 4.79 Å². The highest BCUT2D eigenvalue weighted by Gasteiger charge is 2.36. The van der Waals surface area contributed by atoms with E-state index in [9.17, 15) is 4.79 Å². The van der Waals surface area contributed by atoms with Crippen molar-refractivity contribution in [2.24, 2.45) is 11.3 Å². The van der Waals surface area contributed by atoms with Crippen molar-refractivity contribution < 1.29 is 4.79 Å². The third-order valence-electron chi connectivity index (χ3n) is 3.29. The van der Waals surface area contributed by atoms with E-state index >= 15 is 0 Å². The van der Waals surface area contributed by atoms with E-state index in [1.807, 2.05) is 4.90 Å². The van der Waals surface area contributed by atoms with Gasteiger partial charge in [0.05, 0.1) is 0 Å². The first-order chi connectivity index (χ1) is 5.99. The molecule has 1 fully saturated rings. The first-order valence-corrected chi connectivity index (χ1v) is 5.20. The second kappa shape index (κ2) is 3.69. The van der Waals surface area contributed by atoms with Crippen LogP contribution in [-0.4, -0.2) is 23.9 Å². The van der Waals surface area contributed by atoms with Crippen molar-refractivity contribution in [3.8, 4) is 0 Å². The minimum Gasteiger partial charge on any atom is -0.342 e. The maximum Gasteiger partial charge on any atom is 0.209 e. The Morgan fingerprint density at radius 2 is 2.08 bits per heavy atom. The third-order valence-corrected chi connectivity index (χ3v) is 3.29. The molecule has 0 bridgehead atoms. The molecule has 1 amide bonds. The van der Waals surface area contributed by atoms with E-state index in [4.69, 9.17) is 0 Å². The second-order valence-corrected chi connectivity index (χ2v) is 5.16. The summed E-state index contributed by atoms with van der Waals surface area (Å²) >= 11 is 0. The van der Waals surface area contributed by atoms with Crippen LogP contribution in [0.2, 0.25) is 0 Å². The normalized spacial score (nSPS) is 29.4. The summed E-state index contributed by atoms with van der Waals surface area (Å²) < 4.78 is 0. The molecule has 2 nitrogen and oxygen atoms in total. The molecule has 1 aliphatic rings. The highest BCUT2D eigenvalue weighted by Crippen LogP contribution is 2.36. The van der Waals surface area contributed by atoms with Crippen LogP contribution in [0.25, 0.3) is 0 Å². The lowest BCUT2D eigenvalue weighted by Gasteiger charge is -2.26. The molecule has 0 aromatic rings. The summed E-state index contributed by atoms with van der Waals surface area (Å²) in [6, 6.07) is 0.488. The Labute approximate surface area is 81.3 Å². The smallest absolute Gasteiger partial charge is 0.209 e. The van der Waals surface area contributed by atoms with Crippen LogP contribution >= 0.6 is 0 Å². The van der Waals surface area contributed by atoms with Gasteiger partial charge in [-0.05, 0) is 24.2 Å². The van der Waals surface area contributed by atoms with Gasteiger partial charge in [-0.15, -0.1) is 0 Å². The summed E-state index contributed by atoms with van der Waals surface area (Å²) in [6.07, 6.45) is 3.28. The summed E-state index contributed by atoms with van der Waals surface area (Å²) in [5, 5.41) is 0. The fourth-order valence-electron chi connectivity index (χ4n) is 2.10. The van der Waals surface area contributed by atoms with Crippen LogP contribution in [0.3, 0.4) is 0 Å². The maximum absolute atomic E-state index is 10.8. The Morgan fingerprint density at radius 3 is 2.38 bits per heavy atom. The number of carbonyl (C=O) groups is 1. The molecule has 0 aromatic carbocycles. The lowest BCUT2D eigenvalue weighted by molar-refractivity contribution is -0.119. The number of nitrogens with zero attached hydrogens (tertiary/aromatic N) is 1. The standard InChI is InChI=1S/C11H21NO/c1-5-10-6-9(11(2,3)4)7-12(10)8-13/h8-10H,5-7H2,1-4H3. The summed E-state index contributed by atoms with van der Waals surface area (Å²) in [6.45, 7) is 9.90. The van der Waals surface area contributed by atoms with E-state index in [1.165, 1.54) is 6.42 Å². The van der Waals surface area contributed by atoms with Crippen molar-refractivity contribution in [1.82, 2.24) is 4.90 Å². The quantitative estimate of drug-likeness (QED) is 0.601. The fraction of sp³-hybridized carbons (Fsp3) is 0.909. The molecule has 0 spiro atoms. The Bertz CT molecular complexity index is 183. The second-order valence-electron chi connectivity index (χ2n) is 5.16. The molecule has 13 heavy (non-hydrogen) atoms. The van der Waals surface area contributed by atoms with Crippen LogP contribution in [0.15, 0.2) is 0 Å². The topological polar surface area (TPSA) is 20.3 Å². The Balaban J connectivity index is 2.63. The van der Waals surface area contributed by atoms with E-state index in [0.717, 1.165) is 19.4 Å². The molecular weight excluding hydrogens is 162 g/mol. The molecule has 76 valence electrons. The summed E-state index contributed by atoms with van der Waals surface area (Å²) in [4.78, 5) is 12.7. The average molecular weight is 183 g/mol. The van der Waals surface area contributed by atoms with Gasteiger partial charge < -0.3 is 4.90 Å². The van der Waals surface area contributed by atoms with Gasteiger partial charge in [-0.25, -0.2) is 0 Å². The van der Waals surface area contributed by atoms with E-state index in [2.05, 4.69) is 27.7 Å². The summed E-state index contributed by atoms with van der Waals surface area (Å²) in [5.41, 5.74) is 0.338. The predicted octanol–water partition coefficient (Wildman–Crippen LogP) is 2.29. The van der Waals surface area contributed by atoms with Crippen molar-refractivity contribution in [2.75, 3.05) is 6.54 Å².